The fraction of sp³-hybridized carbons (Fsp3) is 0.0714. The number of nitrogens with two attached hydrogens (primary N) is 2. The standard InChI is InChI=1S/C14H13BrFN3O2/c1-21-13-3-2-7(15)4-12(13)19-11-5-8(14(18)20)10(17)6-9(11)16/h2-6,19H,17H2,1H3,(H2,18,20). The molecule has 0 heterocycles. The van der Waals surface area contributed by atoms with Crippen LogP contribution in [0.1, 0.15) is 10.4 Å². The molecule has 5 nitrogen and oxygen atoms in total. The first-order chi connectivity index (χ1) is 9.92. The zero-order valence-corrected chi connectivity index (χ0v) is 12.7. The van der Waals surface area contributed by atoms with Crippen LogP contribution in [0.4, 0.5) is 21.5 Å². The van der Waals surface area contributed by atoms with Crippen molar-refractivity contribution in [1.29, 1.82) is 0 Å². The molecule has 2 rings (SSSR count). The molecule has 7 heteroatoms. The molecule has 0 aromatic heterocycles. The van der Waals surface area contributed by atoms with Crippen molar-refractivity contribution >= 4 is 38.9 Å². The summed E-state index contributed by atoms with van der Waals surface area (Å²) in [5.74, 6) is -0.800. The topological polar surface area (TPSA) is 90.4 Å². The van der Waals surface area contributed by atoms with Gasteiger partial charge in [-0.25, -0.2) is 4.39 Å². The molecule has 0 spiro atoms. The van der Waals surface area contributed by atoms with Crippen LogP contribution in [0.25, 0.3) is 0 Å². The van der Waals surface area contributed by atoms with Crippen molar-refractivity contribution in [2.75, 3.05) is 18.2 Å². The third kappa shape index (κ3) is 3.25. The molecule has 21 heavy (non-hydrogen) atoms. The van der Waals surface area contributed by atoms with Gasteiger partial charge in [-0.3, -0.25) is 4.79 Å². The summed E-state index contributed by atoms with van der Waals surface area (Å²) in [6.07, 6.45) is 0. The minimum absolute atomic E-state index is 0.00763. The van der Waals surface area contributed by atoms with Crippen LogP contribution in [0.3, 0.4) is 0 Å². The van der Waals surface area contributed by atoms with Crippen molar-refractivity contribution < 1.29 is 13.9 Å². The SMILES string of the molecule is COc1ccc(Br)cc1Nc1cc(C(N)=O)c(N)cc1F. The molecular weight excluding hydrogens is 341 g/mol. The molecule has 5 N–H and O–H groups in total. The number of halogens is 2. The molecule has 0 saturated carbocycles. The lowest BCUT2D eigenvalue weighted by molar-refractivity contribution is 0.100. The molecule has 0 radical (unpaired) electrons. The minimum Gasteiger partial charge on any atom is -0.495 e. The van der Waals surface area contributed by atoms with Crippen LogP contribution in [-0.2, 0) is 0 Å². The molecule has 2 aromatic rings. The van der Waals surface area contributed by atoms with Crippen LogP contribution in [0.2, 0.25) is 0 Å². The van der Waals surface area contributed by atoms with Gasteiger partial charge in [0.15, 0.2) is 0 Å². The van der Waals surface area contributed by atoms with Crippen LogP contribution in [0.5, 0.6) is 5.75 Å². The van der Waals surface area contributed by atoms with Gasteiger partial charge in [-0.05, 0) is 30.3 Å². The summed E-state index contributed by atoms with van der Waals surface area (Å²) in [6, 6.07) is 7.55. The number of primary amides is 1. The van der Waals surface area contributed by atoms with Gasteiger partial charge in [-0.1, -0.05) is 15.9 Å². The number of amides is 1. The first-order valence-corrected chi connectivity index (χ1v) is 6.71. The Labute approximate surface area is 129 Å². The molecule has 0 aliphatic rings. The van der Waals surface area contributed by atoms with E-state index in [2.05, 4.69) is 21.2 Å². The molecule has 0 atom stereocenters. The Kier molecular flexibility index (Phi) is 4.32. The molecule has 2 aromatic carbocycles. The fourth-order valence-electron chi connectivity index (χ4n) is 1.82. The number of nitrogens with one attached hydrogen (secondary N) is 1. The quantitative estimate of drug-likeness (QED) is 0.736. The van der Waals surface area contributed by atoms with Crippen LogP contribution >= 0.6 is 15.9 Å². The number of nitrogen functional groups attached to an aromatic ring is 1. The van der Waals surface area contributed by atoms with E-state index in [9.17, 15) is 9.18 Å². The van der Waals surface area contributed by atoms with E-state index in [4.69, 9.17) is 16.2 Å². The zero-order chi connectivity index (χ0) is 15.6. The first-order valence-electron chi connectivity index (χ1n) is 5.91. The van der Waals surface area contributed by atoms with Gasteiger partial charge in [0, 0.05) is 10.2 Å². The summed E-state index contributed by atoms with van der Waals surface area (Å²) in [7, 11) is 1.50. The van der Waals surface area contributed by atoms with Gasteiger partial charge in [0.2, 0.25) is 0 Å². The number of benzene rings is 2. The van der Waals surface area contributed by atoms with Crippen molar-refractivity contribution in [1.82, 2.24) is 0 Å². The highest BCUT2D eigenvalue weighted by Gasteiger charge is 2.13. The molecule has 1 amide bonds. The lowest BCUT2D eigenvalue weighted by Gasteiger charge is -2.14. The summed E-state index contributed by atoms with van der Waals surface area (Å²) in [4.78, 5) is 11.3. The number of hydrogen-bond donors (Lipinski definition) is 3. The third-order valence-electron chi connectivity index (χ3n) is 2.84. The van der Waals surface area contributed by atoms with Crippen molar-refractivity contribution in [3.8, 4) is 5.75 Å². The smallest absolute Gasteiger partial charge is 0.250 e. The van der Waals surface area contributed by atoms with E-state index in [1.165, 1.54) is 13.2 Å². The molecular formula is C14H13BrFN3O2. The first kappa shape index (κ1) is 15.1. The summed E-state index contributed by atoms with van der Waals surface area (Å²) in [5, 5.41) is 2.86. The van der Waals surface area contributed by atoms with E-state index in [0.717, 1.165) is 10.5 Å². The van der Waals surface area contributed by atoms with E-state index >= 15 is 0 Å². The Morgan fingerprint density at radius 2 is 2.00 bits per heavy atom. The molecule has 0 aliphatic carbocycles. The van der Waals surface area contributed by atoms with Crippen molar-refractivity contribution in [2.45, 2.75) is 0 Å². The Morgan fingerprint density at radius 3 is 2.62 bits per heavy atom. The lowest BCUT2D eigenvalue weighted by Crippen LogP contribution is -2.14. The largest absolute Gasteiger partial charge is 0.495 e. The summed E-state index contributed by atoms with van der Waals surface area (Å²) in [5.41, 5.74) is 11.4. The lowest BCUT2D eigenvalue weighted by atomic mass is 10.1. The highest BCUT2D eigenvalue weighted by atomic mass is 79.9. The van der Waals surface area contributed by atoms with Crippen molar-refractivity contribution in [3.63, 3.8) is 0 Å². The summed E-state index contributed by atoms with van der Waals surface area (Å²) < 4.78 is 19.9. The maximum Gasteiger partial charge on any atom is 0.250 e. The molecule has 110 valence electrons. The Hall–Kier alpha value is -2.28. The van der Waals surface area contributed by atoms with Gasteiger partial charge in [0.25, 0.3) is 5.91 Å². The molecule has 0 unspecified atom stereocenters. The number of carbonyl (C=O) groups is 1. The molecule has 0 saturated heterocycles. The van der Waals surface area contributed by atoms with E-state index in [1.54, 1.807) is 18.2 Å². The number of carbonyl (C=O) groups excluding carboxylic acids is 1. The van der Waals surface area contributed by atoms with Crippen LogP contribution < -0.4 is 21.5 Å². The number of hydrogen-bond acceptors (Lipinski definition) is 4. The fourth-order valence-corrected chi connectivity index (χ4v) is 2.18. The van der Waals surface area contributed by atoms with Crippen LogP contribution in [-0.4, -0.2) is 13.0 Å². The van der Waals surface area contributed by atoms with Crippen LogP contribution in [0.15, 0.2) is 34.8 Å². The second-order valence-electron chi connectivity index (χ2n) is 4.25. The normalized spacial score (nSPS) is 10.2. The number of methoxy groups -OCH3 is 1. The van der Waals surface area contributed by atoms with E-state index in [0.29, 0.717) is 11.4 Å². The van der Waals surface area contributed by atoms with E-state index < -0.39 is 11.7 Å². The monoisotopic (exact) mass is 353 g/mol. The van der Waals surface area contributed by atoms with Crippen molar-refractivity contribution in [3.05, 3.63) is 46.2 Å². The van der Waals surface area contributed by atoms with E-state index in [-0.39, 0.29) is 16.9 Å². The second kappa shape index (κ2) is 6.01. The highest BCUT2D eigenvalue weighted by molar-refractivity contribution is 9.10. The maximum absolute atomic E-state index is 14.0. The third-order valence-corrected chi connectivity index (χ3v) is 3.33. The molecule has 0 bridgehead atoms. The van der Waals surface area contributed by atoms with Gasteiger partial charge in [0.1, 0.15) is 11.6 Å². The highest BCUT2D eigenvalue weighted by Crippen LogP contribution is 2.32. The van der Waals surface area contributed by atoms with E-state index in [1.807, 2.05) is 0 Å². The second-order valence-corrected chi connectivity index (χ2v) is 5.17. The minimum atomic E-state index is -0.725. The van der Waals surface area contributed by atoms with Crippen molar-refractivity contribution in [2.24, 2.45) is 5.73 Å². The molecule has 0 aliphatic heterocycles. The summed E-state index contributed by atoms with van der Waals surface area (Å²) in [6.45, 7) is 0. The average Bonchev–Trinajstić information content (AvgIpc) is 2.41. The van der Waals surface area contributed by atoms with Gasteiger partial charge in [0.05, 0.1) is 24.0 Å². The Bertz CT molecular complexity index is 707. The predicted molar refractivity (Wildman–Crippen MR) is 83.3 cm³/mol. The van der Waals surface area contributed by atoms with Gasteiger partial charge >= 0.3 is 0 Å². The average molecular weight is 354 g/mol. The predicted octanol–water partition coefficient (Wildman–Crippen LogP) is 3.02. The number of anilines is 3. The van der Waals surface area contributed by atoms with Gasteiger partial charge in [-0.2, -0.15) is 0 Å². The number of rotatable bonds is 4. The number of ether oxygens (including phenoxy) is 1. The van der Waals surface area contributed by atoms with Gasteiger partial charge < -0.3 is 21.5 Å². The Balaban J connectivity index is 2.46. The zero-order valence-electron chi connectivity index (χ0n) is 11.1. The van der Waals surface area contributed by atoms with Crippen LogP contribution in [0, 0.1) is 5.82 Å². The summed E-state index contributed by atoms with van der Waals surface area (Å²) >= 11 is 3.32. The van der Waals surface area contributed by atoms with Gasteiger partial charge in [-0.15, -0.1) is 0 Å². The Morgan fingerprint density at radius 1 is 1.29 bits per heavy atom. The maximum atomic E-state index is 14.0. The molecule has 0 fully saturated rings.